The van der Waals surface area contributed by atoms with Gasteiger partial charge in [0.25, 0.3) is 0 Å². The highest BCUT2D eigenvalue weighted by atomic mass is 79.9. The van der Waals surface area contributed by atoms with Crippen molar-refractivity contribution in [1.29, 1.82) is 0 Å². The van der Waals surface area contributed by atoms with Crippen LogP contribution in [0.5, 0.6) is 0 Å². The lowest BCUT2D eigenvalue weighted by molar-refractivity contribution is 0.204. The van der Waals surface area contributed by atoms with Gasteiger partial charge in [-0.25, -0.2) is 21.6 Å². The summed E-state index contributed by atoms with van der Waals surface area (Å²) < 4.78 is 51.1. The van der Waals surface area contributed by atoms with Crippen LogP contribution in [-0.4, -0.2) is 32.6 Å². The van der Waals surface area contributed by atoms with Crippen molar-refractivity contribution in [2.45, 2.75) is 23.6 Å². The third kappa shape index (κ3) is 3.01. The van der Waals surface area contributed by atoms with Gasteiger partial charge in [0.1, 0.15) is 9.90 Å². The van der Waals surface area contributed by atoms with Gasteiger partial charge < -0.3 is 5.73 Å². The van der Waals surface area contributed by atoms with Crippen LogP contribution >= 0.6 is 15.9 Å². The molecular weight excluding hydrogens is 420 g/mol. The second-order valence-electron chi connectivity index (χ2n) is 5.46. The molecule has 130 valence electrons. The van der Waals surface area contributed by atoms with Crippen molar-refractivity contribution >= 4 is 41.6 Å². The molecule has 0 fully saturated rings. The number of urea groups is 1. The highest BCUT2D eigenvalue weighted by Crippen LogP contribution is 2.34. The predicted molar refractivity (Wildman–Crippen MR) is 93.0 cm³/mol. The number of rotatable bonds is 2. The average molecular weight is 435 g/mol. The van der Waals surface area contributed by atoms with Crippen LogP contribution in [0, 0.1) is 0 Å². The Kier molecular flexibility index (Phi) is 4.68. The molecule has 1 aliphatic heterocycles. The number of primary amides is 1. The standard InChI is InChI=1S/C14H15BrN2O5S2/c1-14(2)17(13(16)18)12(4-3-9-23(14,19)20)24(21,22)11-7-5-10(15)6-8-11/h3-9H,1-2H3,(H2,16,18). The molecular formula is C14H15BrN2O5S2. The number of allylic oxidation sites excluding steroid dienone is 2. The molecule has 1 heterocycles. The van der Waals surface area contributed by atoms with Crippen molar-refractivity contribution in [2.75, 3.05) is 0 Å². The molecule has 7 nitrogen and oxygen atoms in total. The number of halogens is 1. The molecule has 2 amide bonds. The molecule has 1 aliphatic rings. The van der Waals surface area contributed by atoms with Crippen molar-refractivity contribution in [2.24, 2.45) is 5.73 Å². The van der Waals surface area contributed by atoms with E-state index in [9.17, 15) is 21.6 Å². The molecule has 10 heteroatoms. The maximum atomic E-state index is 12.9. The van der Waals surface area contributed by atoms with Gasteiger partial charge in [-0.1, -0.05) is 15.9 Å². The molecule has 2 N–H and O–H groups in total. The van der Waals surface area contributed by atoms with Crippen LogP contribution in [0.15, 0.2) is 56.2 Å². The third-order valence-electron chi connectivity index (χ3n) is 3.57. The number of sulfone groups is 2. The van der Waals surface area contributed by atoms with Crippen LogP contribution in [0.2, 0.25) is 0 Å². The van der Waals surface area contributed by atoms with Crippen LogP contribution in [0.25, 0.3) is 0 Å². The Bertz CT molecular complexity index is 945. The number of nitrogens with two attached hydrogens (primary N) is 1. The van der Waals surface area contributed by atoms with Crippen LogP contribution < -0.4 is 5.73 Å². The van der Waals surface area contributed by atoms with Crippen molar-refractivity contribution in [1.82, 2.24) is 4.90 Å². The molecule has 1 aromatic carbocycles. The lowest BCUT2D eigenvalue weighted by Crippen LogP contribution is -2.54. The van der Waals surface area contributed by atoms with Crippen molar-refractivity contribution < 1.29 is 21.6 Å². The fourth-order valence-corrected chi connectivity index (χ4v) is 5.11. The molecule has 0 bridgehead atoms. The summed E-state index contributed by atoms with van der Waals surface area (Å²) in [6.07, 6.45) is 2.13. The zero-order valence-corrected chi connectivity index (χ0v) is 16.0. The Labute approximate surface area is 148 Å². The maximum Gasteiger partial charge on any atom is 0.321 e. The lowest BCUT2D eigenvalue weighted by Gasteiger charge is -2.35. The lowest BCUT2D eigenvalue weighted by atomic mass is 10.3. The summed E-state index contributed by atoms with van der Waals surface area (Å²) in [7, 11) is -8.12. The van der Waals surface area contributed by atoms with E-state index in [-0.39, 0.29) is 4.90 Å². The van der Waals surface area contributed by atoms with Crippen molar-refractivity contribution in [3.63, 3.8) is 0 Å². The van der Waals surface area contributed by atoms with E-state index in [1.165, 1.54) is 38.1 Å². The second kappa shape index (κ2) is 6.01. The predicted octanol–water partition coefficient (Wildman–Crippen LogP) is 2.12. The molecule has 1 aromatic rings. The molecule has 0 saturated carbocycles. The van der Waals surface area contributed by atoms with Gasteiger partial charge in [-0.2, -0.15) is 0 Å². The normalized spacial score (nSPS) is 19.5. The molecule has 0 aliphatic carbocycles. The van der Waals surface area contributed by atoms with Gasteiger partial charge in [-0.15, -0.1) is 0 Å². The molecule has 0 radical (unpaired) electrons. The van der Waals surface area contributed by atoms with E-state index in [1.54, 1.807) is 0 Å². The fourth-order valence-electron chi connectivity index (χ4n) is 2.18. The monoisotopic (exact) mass is 434 g/mol. The summed E-state index contributed by atoms with van der Waals surface area (Å²) >= 11 is 3.20. The first kappa shape index (κ1) is 18.7. The minimum absolute atomic E-state index is 0.0910. The first-order valence-corrected chi connectivity index (χ1v) is 10.5. The number of amides is 2. The average Bonchev–Trinajstić information content (AvgIpc) is 2.54. The largest absolute Gasteiger partial charge is 0.351 e. The molecule has 2 rings (SSSR count). The molecule has 0 aromatic heterocycles. The van der Waals surface area contributed by atoms with Gasteiger partial charge in [0.05, 0.1) is 4.90 Å². The maximum absolute atomic E-state index is 12.9. The van der Waals surface area contributed by atoms with Gasteiger partial charge in [0.2, 0.25) is 9.84 Å². The van der Waals surface area contributed by atoms with E-state index < -0.39 is 35.6 Å². The van der Waals surface area contributed by atoms with Crippen molar-refractivity contribution in [3.05, 3.63) is 51.3 Å². The fraction of sp³-hybridized carbons (Fsp3) is 0.214. The van der Waals surface area contributed by atoms with Gasteiger partial charge in [0, 0.05) is 9.88 Å². The van der Waals surface area contributed by atoms with E-state index in [0.717, 1.165) is 17.6 Å². The van der Waals surface area contributed by atoms with Crippen LogP contribution in [-0.2, 0) is 19.7 Å². The summed E-state index contributed by atoms with van der Waals surface area (Å²) in [6, 6.07) is 4.55. The number of hydrogen-bond acceptors (Lipinski definition) is 5. The number of nitrogens with zero attached hydrogens (tertiary/aromatic N) is 1. The van der Waals surface area contributed by atoms with E-state index in [0.29, 0.717) is 9.37 Å². The summed E-state index contributed by atoms with van der Waals surface area (Å²) in [6.45, 7) is 2.43. The summed E-state index contributed by atoms with van der Waals surface area (Å²) in [5.74, 6) is 0. The number of carbonyl (C=O) groups excluding carboxylic acids is 1. The SMILES string of the molecule is CC1(C)N(C(N)=O)C(S(=O)(=O)c2ccc(Br)cc2)=CC=CS1(=O)=O. The van der Waals surface area contributed by atoms with Crippen LogP contribution in [0.1, 0.15) is 13.8 Å². The van der Waals surface area contributed by atoms with E-state index in [4.69, 9.17) is 5.73 Å². The number of carbonyl (C=O) groups is 1. The Balaban J connectivity index is 2.72. The summed E-state index contributed by atoms with van der Waals surface area (Å²) in [4.78, 5) is 10.5. The molecule has 0 saturated heterocycles. The smallest absolute Gasteiger partial charge is 0.321 e. The van der Waals surface area contributed by atoms with Crippen LogP contribution in [0.4, 0.5) is 4.79 Å². The van der Waals surface area contributed by atoms with Gasteiger partial charge >= 0.3 is 6.03 Å². The first-order valence-electron chi connectivity index (χ1n) is 6.64. The summed E-state index contributed by atoms with van der Waals surface area (Å²) in [5.41, 5.74) is 5.30. The highest BCUT2D eigenvalue weighted by Gasteiger charge is 2.47. The second-order valence-corrected chi connectivity index (χ2v) is 10.6. The van der Waals surface area contributed by atoms with E-state index >= 15 is 0 Å². The molecule has 0 unspecified atom stereocenters. The van der Waals surface area contributed by atoms with E-state index in [2.05, 4.69) is 15.9 Å². The Morgan fingerprint density at radius 3 is 2.25 bits per heavy atom. The van der Waals surface area contributed by atoms with Gasteiger partial charge in [0.15, 0.2) is 9.84 Å². The van der Waals surface area contributed by atoms with Gasteiger partial charge in [-0.3, -0.25) is 4.90 Å². The summed E-state index contributed by atoms with van der Waals surface area (Å²) in [5, 5.41) is 0.354. The molecule has 24 heavy (non-hydrogen) atoms. The third-order valence-corrected chi connectivity index (χ3v) is 7.95. The Morgan fingerprint density at radius 2 is 1.75 bits per heavy atom. The topological polar surface area (TPSA) is 115 Å². The van der Waals surface area contributed by atoms with Gasteiger partial charge in [-0.05, 0) is 50.3 Å². The minimum atomic E-state index is -4.17. The molecule has 0 spiro atoms. The zero-order valence-electron chi connectivity index (χ0n) is 12.8. The first-order chi connectivity index (χ1) is 10.9. The Morgan fingerprint density at radius 1 is 1.21 bits per heavy atom. The van der Waals surface area contributed by atoms with Crippen molar-refractivity contribution in [3.8, 4) is 0 Å². The zero-order chi connectivity index (χ0) is 18.3. The molecule has 0 atom stereocenters. The number of benzene rings is 1. The Hall–Kier alpha value is -1.65. The van der Waals surface area contributed by atoms with Crippen LogP contribution in [0.3, 0.4) is 0 Å². The number of hydrogen-bond donors (Lipinski definition) is 1. The highest BCUT2D eigenvalue weighted by molar-refractivity contribution is 9.10. The van der Waals surface area contributed by atoms with E-state index in [1.807, 2.05) is 0 Å². The minimum Gasteiger partial charge on any atom is -0.351 e. The quantitative estimate of drug-likeness (QED) is 0.764.